The Bertz CT molecular complexity index is 937. The van der Waals surface area contributed by atoms with Crippen molar-refractivity contribution in [2.45, 2.75) is 110 Å². The number of esters is 6. The number of aliphatic hydroxyl groups is 1. The molecular formula is C24H34O16. The summed E-state index contributed by atoms with van der Waals surface area (Å²) in [5.74, 6) is -4.91. The smallest absolute Gasteiger partial charge is 0.303 e. The van der Waals surface area contributed by atoms with E-state index in [-0.39, 0.29) is 0 Å². The average Bonchev–Trinajstić information content (AvgIpc) is 2.80. The molecule has 16 heteroatoms. The number of carbonyl (C=O) groups is 6. The van der Waals surface area contributed by atoms with Gasteiger partial charge in [-0.1, -0.05) is 0 Å². The van der Waals surface area contributed by atoms with Crippen molar-refractivity contribution in [3.8, 4) is 0 Å². The summed E-state index contributed by atoms with van der Waals surface area (Å²) in [6.45, 7) is 7.34. The van der Waals surface area contributed by atoms with E-state index in [2.05, 4.69) is 0 Å². The Kier molecular flexibility index (Phi) is 11.8. The molecule has 0 radical (unpaired) electrons. The first-order valence-electron chi connectivity index (χ1n) is 12.2. The lowest BCUT2D eigenvalue weighted by atomic mass is 9.96. The minimum Gasteiger partial charge on any atom is -0.463 e. The normalized spacial score (nSPS) is 33.6. The van der Waals surface area contributed by atoms with Crippen LogP contribution in [0.15, 0.2) is 0 Å². The summed E-state index contributed by atoms with van der Waals surface area (Å²) in [5.41, 5.74) is 0. The van der Waals surface area contributed by atoms with Gasteiger partial charge in [0.2, 0.25) is 0 Å². The molecule has 2 aliphatic heterocycles. The van der Waals surface area contributed by atoms with Gasteiger partial charge in [-0.3, -0.25) is 28.8 Å². The van der Waals surface area contributed by atoms with E-state index in [1.54, 1.807) is 0 Å². The zero-order chi connectivity index (χ0) is 30.3. The van der Waals surface area contributed by atoms with Gasteiger partial charge >= 0.3 is 35.8 Å². The number of hydrogen-bond donors (Lipinski definition) is 1. The fourth-order valence-electron chi connectivity index (χ4n) is 4.27. The first kappa shape index (κ1) is 32.9. The maximum atomic E-state index is 12.1. The van der Waals surface area contributed by atoms with Crippen molar-refractivity contribution in [3.63, 3.8) is 0 Å². The molecule has 2 aliphatic rings. The maximum absolute atomic E-state index is 12.1. The van der Waals surface area contributed by atoms with E-state index in [0.29, 0.717) is 0 Å². The second kappa shape index (κ2) is 14.3. The van der Waals surface area contributed by atoms with Crippen molar-refractivity contribution in [2.75, 3.05) is 6.61 Å². The van der Waals surface area contributed by atoms with Crippen LogP contribution in [0.3, 0.4) is 0 Å². The molecule has 0 aromatic heterocycles. The second-order valence-corrected chi connectivity index (χ2v) is 9.05. The highest BCUT2D eigenvalue weighted by molar-refractivity contribution is 5.69. The van der Waals surface area contributed by atoms with Crippen molar-refractivity contribution in [3.05, 3.63) is 0 Å². The Balaban J connectivity index is 2.60. The molecule has 2 heterocycles. The number of ether oxygens (including phenoxy) is 9. The Morgan fingerprint density at radius 1 is 0.575 bits per heavy atom. The Labute approximate surface area is 229 Å². The zero-order valence-corrected chi connectivity index (χ0v) is 23.1. The van der Waals surface area contributed by atoms with E-state index in [9.17, 15) is 33.9 Å². The second-order valence-electron chi connectivity index (χ2n) is 9.05. The first-order chi connectivity index (χ1) is 18.6. The lowest BCUT2D eigenvalue weighted by Gasteiger charge is -2.48. The molecule has 2 fully saturated rings. The number of aliphatic hydroxyl groups excluding tert-OH is 1. The van der Waals surface area contributed by atoms with E-state index >= 15 is 0 Å². The first-order valence-corrected chi connectivity index (χ1v) is 12.2. The van der Waals surface area contributed by atoms with Crippen LogP contribution in [0.4, 0.5) is 0 Å². The van der Waals surface area contributed by atoms with Gasteiger partial charge in [-0.15, -0.1) is 0 Å². The fraction of sp³-hybridized carbons (Fsp3) is 0.750. The van der Waals surface area contributed by atoms with E-state index < -0.39 is 104 Å². The number of rotatable bonds is 9. The van der Waals surface area contributed by atoms with Gasteiger partial charge in [-0.05, 0) is 6.92 Å². The summed E-state index contributed by atoms with van der Waals surface area (Å²) in [6, 6.07) is 0. The van der Waals surface area contributed by atoms with Crippen LogP contribution < -0.4 is 0 Å². The Morgan fingerprint density at radius 2 is 1.02 bits per heavy atom. The Morgan fingerprint density at radius 3 is 1.52 bits per heavy atom. The van der Waals surface area contributed by atoms with Gasteiger partial charge in [-0.25, -0.2) is 0 Å². The molecule has 226 valence electrons. The van der Waals surface area contributed by atoms with E-state index in [0.717, 1.165) is 41.5 Å². The summed E-state index contributed by atoms with van der Waals surface area (Å²) in [4.78, 5) is 71.3. The van der Waals surface area contributed by atoms with Crippen LogP contribution in [0, 0.1) is 0 Å². The molecule has 2 saturated heterocycles. The topological polar surface area (TPSA) is 206 Å². The van der Waals surface area contributed by atoms with Gasteiger partial charge < -0.3 is 47.7 Å². The highest BCUT2D eigenvalue weighted by Crippen LogP contribution is 2.34. The molecule has 40 heavy (non-hydrogen) atoms. The van der Waals surface area contributed by atoms with Crippen LogP contribution in [-0.4, -0.2) is 109 Å². The van der Waals surface area contributed by atoms with E-state index in [1.807, 2.05) is 0 Å². The molecule has 0 spiro atoms. The van der Waals surface area contributed by atoms with Gasteiger partial charge in [0.1, 0.15) is 18.8 Å². The highest BCUT2D eigenvalue weighted by atomic mass is 16.8. The van der Waals surface area contributed by atoms with Crippen LogP contribution in [0.2, 0.25) is 0 Å². The Hall–Kier alpha value is -3.34. The molecule has 0 saturated carbocycles. The number of carbonyl (C=O) groups excluding carboxylic acids is 6. The molecule has 16 nitrogen and oxygen atoms in total. The lowest BCUT2D eigenvalue weighted by molar-refractivity contribution is -0.355. The molecular weight excluding hydrogens is 544 g/mol. The van der Waals surface area contributed by atoms with Gasteiger partial charge in [0.05, 0.1) is 6.10 Å². The van der Waals surface area contributed by atoms with Crippen molar-refractivity contribution >= 4 is 35.8 Å². The maximum Gasteiger partial charge on any atom is 0.303 e. The molecule has 1 N–H and O–H groups in total. The highest BCUT2D eigenvalue weighted by Gasteiger charge is 2.56. The van der Waals surface area contributed by atoms with Crippen molar-refractivity contribution < 1.29 is 76.5 Å². The summed E-state index contributed by atoms with van der Waals surface area (Å²) >= 11 is 0. The van der Waals surface area contributed by atoms with Crippen LogP contribution in [0.25, 0.3) is 0 Å². The van der Waals surface area contributed by atoms with Crippen LogP contribution in [0.1, 0.15) is 48.5 Å². The monoisotopic (exact) mass is 578 g/mol. The molecule has 0 amide bonds. The molecule has 2 rings (SSSR count). The molecule has 0 aromatic carbocycles. The molecule has 0 bridgehead atoms. The third-order valence-corrected chi connectivity index (χ3v) is 5.59. The third-order valence-electron chi connectivity index (χ3n) is 5.59. The fourth-order valence-corrected chi connectivity index (χ4v) is 4.27. The quantitative estimate of drug-likeness (QED) is 0.259. The van der Waals surface area contributed by atoms with Gasteiger partial charge in [-0.2, -0.15) is 0 Å². The van der Waals surface area contributed by atoms with Crippen LogP contribution >= 0.6 is 0 Å². The predicted octanol–water partition coefficient (Wildman–Crippen LogP) is -0.945. The van der Waals surface area contributed by atoms with Crippen molar-refractivity contribution in [1.82, 2.24) is 0 Å². The van der Waals surface area contributed by atoms with Crippen LogP contribution in [0.5, 0.6) is 0 Å². The van der Waals surface area contributed by atoms with E-state index in [4.69, 9.17) is 42.6 Å². The standard InChI is InChI=1S/C24H34O16/c1-9-17(34-11(3)26)19(21(23(31)33-9)37-14(6)29)40-24-22(38-15(7)30)20(36-13(5)28)18(35-12(4)27)16(39-24)8-32-10(2)25/h9,16-24,31H,8H2,1-7H3/t9-,16+,17-,18+,19+,20-,21+,22+,23+,24+/m0/s1. The lowest BCUT2D eigenvalue weighted by Crippen LogP contribution is -2.66. The largest absolute Gasteiger partial charge is 0.463 e. The minimum atomic E-state index is -1.75. The summed E-state index contributed by atoms with van der Waals surface area (Å²) in [6.07, 6.45) is -14.8. The molecule has 0 aliphatic carbocycles. The minimum absolute atomic E-state index is 0.523. The average molecular weight is 579 g/mol. The van der Waals surface area contributed by atoms with Crippen molar-refractivity contribution in [2.24, 2.45) is 0 Å². The van der Waals surface area contributed by atoms with Gasteiger partial charge in [0.15, 0.2) is 43.1 Å². The number of hydrogen-bond acceptors (Lipinski definition) is 16. The molecule has 10 atom stereocenters. The summed E-state index contributed by atoms with van der Waals surface area (Å²) < 4.78 is 48.9. The van der Waals surface area contributed by atoms with E-state index in [1.165, 1.54) is 6.92 Å². The third kappa shape index (κ3) is 9.11. The summed E-state index contributed by atoms with van der Waals surface area (Å²) in [7, 11) is 0. The van der Waals surface area contributed by atoms with Crippen LogP contribution in [-0.2, 0) is 71.4 Å². The molecule has 0 unspecified atom stereocenters. The zero-order valence-electron chi connectivity index (χ0n) is 23.1. The SMILES string of the molecule is CC(=O)OC[C@H]1O[C@H](O[C@@H]2[C@@H](OC(C)=O)[C@H](C)O[C@@H](O)[C@@H]2OC(C)=O)[C@H](OC(C)=O)[C@@H](OC(C)=O)[C@@H]1OC(C)=O. The van der Waals surface area contributed by atoms with Gasteiger partial charge in [0.25, 0.3) is 0 Å². The predicted molar refractivity (Wildman–Crippen MR) is 124 cm³/mol. The summed E-state index contributed by atoms with van der Waals surface area (Å²) in [5, 5.41) is 10.5. The van der Waals surface area contributed by atoms with Gasteiger partial charge in [0, 0.05) is 41.5 Å². The molecule has 0 aromatic rings. The van der Waals surface area contributed by atoms with Crippen molar-refractivity contribution in [1.29, 1.82) is 0 Å².